The Balaban J connectivity index is 2.18. The Morgan fingerprint density at radius 1 is 1.58 bits per heavy atom. The van der Waals surface area contributed by atoms with Crippen molar-refractivity contribution in [2.45, 2.75) is 13.0 Å². The molecule has 0 radical (unpaired) electrons. The van der Waals surface area contributed by atoms with Gasteiger partial charge in [0.05, 0.1) is 19.7 Å². The summed E-state index contributed by atoms with van der Waals surface area (Å²) in [7, 11) is 1.34. The zero-order chi connectivity index (χ0) is 13.8. The van der Waals surface area contributed by atoms with Crippen molar-refractivity contribution in [1.82, 2.24) is 10.2 Å². The third-order valence-corrected chi connectivity index (χ3v) is 3.79. The second kappa shape index (κ2) is 6.06. The molecular weight excluding hydrogens is 310 g/mol. The number of carbonyl (C=O) groups excluding carboxylic acids is 1. The van der Waals surface area contributed by atoms with E-state index in [4.69, 9.17) is 0 Å². The molecule has 6 heteroatoms. The fourth-order valence-electron chi connectivity index (χ4n) is 2.15. The number of guanidine groups is 1. The number of hydrogen-bond acceptors (Lipinski definition) is 4. The molecule has 0 spiro atoms. The molecule has 19 heavy (non-hydrogen) atoms. The summed E-state index contributed by atoms with van der Waals surface area (Å²) in [5.74, 6) is 0.565. The molecule has 5 nitrogen and oxygen atoms in total. The highest BCUT2D eigenvalue weighted by molar-refractivity contribution is 9.10. The van der Waals surface area contributed by atoms with Crippen molar-refractivity contribution in [1.29, 1.82) is 0 Å². The molecule has 1 heterocycles. The molecule has 1 aromatic carbocycles. The van der Waals surface area contributed by atoms with Crippen molar-refractivity contribution >= 4 is 28.0 Å². The van der Waals surface area contributed by atoms with Crippen molar-refractivity contribution in [3.8, 4) is 0 Å². The van der Waals surface area contributed by atoms with Crippen molar-refractivity contribution in [3.63, 3.8) is 0 Å². The van der Waals surface area contributed by atoms with Crippen molar-refractivity contribution < 1.29 is 9.53 Å². The Kier molecular flexibility index (Phi) is 4.42. The Bertz CT molecular complexity index is 504. The number of rotatable bonds is 2. The maximum atomic E-state index is 11.3. The topological polar surface area (TPSA) is 53.9 Å². The second-order valence-corrected chi connectivity index (χ2v) is 4.96. The molecule has 0 saturated carbocycles. The maximum Gasteiger partial charge on any atom is 0.413 e. The molecular formula is C13H16BrN3O2. The van der Waals surface area contributed by atoms with E-state index in [9.17, 15) is 4.79 Å². The molecule has 2 rings (SSSR count). The summed E-state index contributed by atoms with van der Waals surface area (Å²) >= 11 is 3.56. The van der Waals surface area contributed by atoms with E-state index in [1.807, 2.05) is 25.1 Å². The van der Waals surface area contributed by atoms with Crippen LogP contribution in [0.25, 0.3) is 0 Å². The number of halogens is 1. The number of amides is 1. The van der Waals surface area contributed by atoms with Crippen LogP contribution >= 0.6 is 15.9 Å². The Morgan fingerprint density at radius 3 is 2.95 bits per heavy atom. The van der Waals surface area contributed by atoms with E-state index in [1.165, 1.54) is 7.11 Å². The second-order valence-electron chi connectivity index (χ2n) is 4.10. The monoisotopic (exact) mass is 325 g/mol. The average Bonchev–Trinajstić information content (AvgIpc) is 2.81. The van der Waals surface area contributed by atoms with Crippen LogP contribution in [0.5, 0.6) is 0 Å². The zero-order valence-corrected chi connectivity index (χ0v) is 12.5. The third kappa shape index (κ3) is 2.89. The minimum atomic E-state index is -0.495. The van der Waals surface area contributed by atoms with Gasteiger partial charge in [-0.05, 0) is 18.6 Å². The lowest BCUT2D eigenvalue weighted by atomic mass is 10.1. The van der Waals surface area contributed by atoms with Crippen LogP contribution in [0.2, 0.25) is 0 Å². The van der Waals surface area contributed by atoms with Gasteiger partial charge in [-0.1, -0.05) is 34.1 Å². The molecule has 102 valence electrons. The van der Waals surface area contributed by atoms with Gasteiger partial charge in [0.15, 0.2) is 0 Å². The standard InChI is InChI=1S/C13H16BrN3O2/c1-3-17-11(9-6-4-5-7-10(9)14)8-15-12(17)16-13(18)19-2/h4-7,11H,3,8H2,1-2H3,(H,15,16,18). The number of nitrogens with one attached hydrogen (secondary N) is 1. The zero-order valence-electron chi connectivity index (χ0n) is 10.9. The SMILES string of the molecule is CCN1C(NC(=O)OC)=NCC1c1ccccc1Br. The van der Waals surface area contributed by atoms with Crippen LogP contribution in [0.3, 0.4) is 0 Å². The number of alkyl carbamates (subject to hydrolysis) is 1. The van der Waals surface area contributed by atoms with Gasteiger partial charge in [-0.3, -0.25) is 10.3 Å². The maximum absolute atomic E-state index is 11.3. The number of ether oxygens (including phenoxy) is 1. The van der Waals surface area contributed by atoms with Crippen LogP contribution in [0.4, 0.5) is 4.79 Å². The van der Waals surface area contributed by atoms with E-state index in [0.29, 0.717) is 12.5 Å². The van der Waals surface area contributed by atoms with Gasteiger partial charge < -0.3 is 9.64 Å². The lowest BCUT2D eigenvalue weighted by molar-refractivity contribution is 0.175. The predicted octanol–water partition coefficient (Wildman–Crippen LogP) is 2.54. The summed E-state index contributed by atoms with van der Waals surface area (Å²) in [6.07, 6.45) is -0.495. The molecule has 1 unspecified atom stereocenters. The molecule has 1 atom stereocenters. The highest BCUT2D eigenvalue weighted by atomic mass is 79.9. The molecule has 0 aliphatic carbocycles. The van der Waals surface area contributed by atoms with Gasteiger partial charge in [0, 0.05) is 11.0 Å². The Labute approximate surface area is 120 Å². The largest absolute Gasteiger partial charge is 0.453 e. The molecule has 0 bridgehead atoms. The molecule has 1 amide bonds. The summed E-state index contributed by atoms with van der Waals surface area (Å²) in [6.45, 7) is 3.41. The number of methoxy groups -OCH3 is 1. The number of nitrogens with zero attached hydrogens (tertiary/aromatic N) is 2. The highest BCUT2D eigenvalue weighted by Crippen LogP contribution is 2.30. The summed E-state index contributed by atoms with van der Waals surface area (Å²) < 4.78 is 5.65. The highest BCUT2D eigenvalue weighted by Gasteiger charge is 2.30. The summed E-state index contributed by atoms with van der Waals surface area (Å²) in [5, 5.41) is 2.65. The van der Waals surface area contributed by atoms with Crippen LogP contribution in [0.1, 0.15) is 18.5 Å². The van der Waals surface area contributed by atoms with Gasteiger partial charge in [-0.25, -0.2) is 4.79 Å². The van der Waals surface area contributed by atoms with Crippen LogP contribution in [-0.4, -0.2) is 37.2 Å². The number of benzene rings is 1. The van der Waals surface area contributed by atoms with E-state index in [0.717, 1.165) is 16.6 Å². The average molecular weight is 326 g/mol. The molecule has 0 fully saturated rings. The van der Waals surface area contributed by atoms with Gasteiger partial charge in [0.25, 0.3) is 0 Å². The van der Waals surface area contributed by atoms with Crippen LogP contribution < -0.4 is 5.32 Å². The van der Waals surface area contributed by atoms with Gasteiger partial charge in [-0.2, -0.15) is 0 Å². The number of hydrogen-bond donors (Lipinski definition) is 1. The molecule has 1 aliphatic heterocycles. The van der Waals surface area contributed by atoms with Crippen LogP contribution in [-0.2, 0) is 4.74 Å². The van der Waals surface area contributed by atoms with Crippen molar-refractivity contribution in [3.05, 3.63) is 34.3 Å². The lowest BCUT2D eigenvalue weighted by Crippen LogP contribution is -2.42. The van der Waals surface area contributed by atoms with E-state index >= 15 is 0 Å². The number of carbonyl (C=O) groups is 1. The first-order valence-corrected chi connectivity index (χ1v) is 6.87. The molecule has 0 saturated heterocycles. The number of aliphatic imine (C=N–C) groups is 1. The Hall–Kier alpha value is -1.56. The van der Waals surface area contributed by atoms with Crippen LogP contribution in [0, 0.1) is 0 Å². The molecule has 0 aromatic heterocycles. The first-order chi connectivity index (χ1) is 9.17. The quantitative estimate of drug-likeness (QED) is 0.909. The summed E-state index contributed by atoms with van der Waals surface area (Å²) in [4.78, 5) is 17.7. The first-order valence-electron chi connectivity index (χ1n) is 6.07. The molecule has 1 aliphatic rings. The predicted molar refractivity (Wildman–Crippen MR) is 77.1 cm³/mol. The smallest absolute Gasteiger partial charge is 0.413 e. The number of likely N-dealkylation sites (N-methyl/N-ethyl adjacent to an activating group) is 1. The minimum Gasteiger partial charge on any atom is -0.453 e. The van der Waals surface area contributed by atoms with Crippen molar-refractivity contribution in [2.75, 3.05) is 20.2 Å². The fraction of sp³-hybridized carbons (Fsp3) is 0.385. The molecule has 1 N–H and O–H groups in total. The van der Waals surface area contributed by atoms with Gasteiger partial charge >= 0.3 is 6.09 Å². The van der Waals surface area contributed by atoms with Crippen LogP contribution in [0.15, 0.2) is 33.7 Å². The van der Waals surface area contributed by atoms with E-state index < -0.39 is 6.09 Å². The van der Waals surface area contributed by atoms with E-state index in [-0.39, 0.29) is 6.04 Å². The lowest BCUT2D eigenvalue weighted by Gasteiger charge is -2.27. The first kappa shape index (κ1) is 13.9. The molecule has 1 aromatic rings. The van der Waals surface area contributed by atoms with Crippen molar-refractivity contribution in [2.24, 2.45) is 4.99 Å². The summed E-state index contributed by atoms with van der Waals surface area (Å²) in [6, 6.07) is 8.18. The van der Waals surface area contributed by atoms with Gasteiger partial charge in [-0.15, -0.1) is 0 Å². The summed E-state index contributed by atoms with van der Waals surface area (Å²) in [5.41, 5.74) is 1.16. The van der Waals surface area contributed by atoms with Gasteiger partial charge in [0.2, 0.25) is 5.96 Å². The fourth-order valence-corrected chi connectivity index (χ4v) is 2.69. The van der Waals surface area contributed by atoms with E-state index in [1.54, 1.807) is 0 Å². The van der Waals surface area contributed by atoms with E-state index in [2.05, 4.69) is 41.9 Å². The minimum absolute atomic E-state index is 0.132. The van der Waals surface area contributed by atoms with Gasteiger partial charge in [0.1, 0.15) is 0 Å². The normalized spacial score (nSPS) is 18.2. The Morgan fingerprint density at radius 2 is 2.32 bits per heavy atom. The third-order valence-electron chi connectivity index (χ3n) is 3.07.